The molecule has 0 spiro atoms. The molecule has 3 N–H and O–H groups in total. The standard InChI is InChI=1S/C19H18N6O4/c1-10(2)22-18(27)14-8-13(23-16-5-6-21-25(14)16)17(26)20-9-11-3-4-15-12(7-11)24-19(28)29-15/h3-8,10H,9H2,1-2H3,(H,20,26)(H,22,27)(H,24,28). The number of H-pyrrole nitrogens is 1. The van der Waals surface area contributed by atoms with Gasteiger partial charge in [0.25, 0.3) is 11.8 Å². The van der Waals surface area contributed by atoms with Crippen LogP contribution in [-0.4, -0.2) is 37.4 Å². The molecule has 0 aliphatic heterocycles. The summed E-state index contributed by atoms with van der Waals surface area (Å²) in [5.41, 5.74) is 2.47. The Hall–Kier alpha value is -3.95. The van der Waals surface area contributed by atoms with E-state index < -0.39 is 11.7 Å². The average molecular weight is 394 g/mol. The van der Waals surface area contributed by atoms with Crippen molar-refractivity contribution < 1.29 is 14.0 Å². The molecule has 0 fully saturated rings. The second-order valence-corrected chi connectivity index (χ2v) is 6.78. The van der Waals surface area contributed by atoms with Crippen LogP contribution in [0.15, 0.2) is 45.7 Å². The van der Waals surface area contributed by atoms with Crippen molar-refractivity contribution in [2.75, 3.05) is 0 Å². The van der Waals surface area contributed by atoms with Crippen LogP contribution in [-0.2, 0) is 6.54 Å². The third-order valence-electron chi connectivity index (χ3n) is 4.18. The first-order chi connectivity index (χ1) is 13.9. The summed E-state index contributed by atoms with van der Waals surface area (Å²) in [7, 11) is 0. The van der Waals surface area contributed by atoms with Crippen LogP contribution in [0.4, 0.5) is 0 Å². The third-order valence-corrected chi connectivity index (χ3v) is 4.18. The van der Waals surface area contributed by atoms with Gasteiger partial charge in [0.1, 0.15) is 11.4 Å². The van der Waals surface area contributed by atoms with E-state index in [0.29, 0.717) is 16.7 Å². The van der Waals surface area contributed by atoms with Crippen molar-refractivity contribution in [2.45, 2.75) is 26.4 Å². The van der Waals surface area contributed by atoms with Crippen LogP contribution < -0.4 is 16.4 Å². The Morgan fingerprint density at radius 2 is 2.03 bits per heavy atom. The highest BCUT2D eigenvalue weighted by atomic mass is 16.4. The molecule has 0 aliphatic rings. The van der Waals surface area contributed by atoms with E-state index in [9.17, 15) is 14.4 Å². The van der Waals surface area contributed by atoms with Crippen molar-refractivity contribution in [3.05, 3.63) is 64.0 Å². The number of rotatable bonds is 5. The molecule has 4 aromatic rings. The quantitative estimate of drug-likeness (QED) is 0.466. The number of nitrogens with one attached hydrogen (secondary N) is 3. The van der Waals surface area contributed by atoms with Crippen LogP contribution in [0, 0.1) is 0 Å². The Morgan fingerprint density at radius 3 is 2.83 bits per heavy atom. The van der Waals surface area contributed by atoms with Gasteiger partial charge in [-0.1, -0.05) is 6.07 Å². The van der Waals surface area contributed by atoms with E-state index in [4.69, 9.17) is 4.42 Å². The first-order valence-electron chi connectivity index (χ1n) is 8.96. The number of nitrogens with zero attached hydrogens (tertiary/aromatic N) is 3. The van der Waals surface area contributed by atoms with E-state index in [1.165, 1.54) is 16.8 Å². The second-order valence-electron chi connectivity index (χ2n) is 6.78. The second kappa shape index (κ2) is 7.23. The molecule has 2 amide bonds. The summed E-state index contributed by atoms with van der Waals surface area (Å²) < 4.78 is 6.35. The van der Waals surface area contributed by atoms with Crippen molar-refractivity contribution in [2.24, 2.45) is 0 Å². The van der Waals surface area contributed by atoms with Crippen molar-refractivity contribution in [1.82, 2.24) is 30.2 Å². The lowest BCUT2D eigenvalue weighted by molar-refractivity contribution is 0.0935. The van der Waals surface area contributed by atoms with E-state index in [-0.39, 0.29) is 29.9 Å². The van der Waals surface area contributed by atoms with Crippen molar-refractivity contribution in [1.29, 1.82) is 0 Å². The molecule has 3 aromatic heterocycles. The zero-order valence-electron chi connectivity index (χ0n) is 15.7. The highest BCUT2D eigenvalue weighted by Crippen LogP contribution is 2.13. The first-order valence-corrected chi connectivity index (χ1v) is 8.96. The van der Waals surface area contributed by atoms with Crippen LogP contribution in [0.3, 0.4) is 0 Å². The topological polar surface area (TPSA) is 134 Å². The third kappa shape index (κ3) is 3.72. The number of aromatic nitrogens is 4. The number of oxazole rings is 1. The number of fused-ring (bicyclic) bond motifs is 2. The largest absolute Gasteiger partial charge is 0.417 e. The lowest BCUT2D eigenvalue weighted by Gasteiger charge is -2.11. The van der Waals surface area contributed by atoms with E-state index in [2.05, 4.69) is 25.7 Å². The molecule has 10 nitrogen and oxygen atoms in total. The van der Waals surface area contributed by atoms with Gasteiger partial charge in [-0.15, -0.1) is 0 Å². The van der Waals surface area contributed by atoms with Crippen LogP contribution in [0.5, 0.6) is 0 Å². The average Bonchev–Trinajstić information content (AvgIpc) is 3.29. The summed E-state index contributed by atoms with van der Waals surface area (Å²) in [6.07, 6.45) is 1.51. The lowest BCUT2D eigenvalue weighted by atomic mass is 10.2. The fourth-order valence-electron chi connectivity index (χ4n) is 2.91. The Labute approximate surface area is 163 Å². The van der Waals surface area contributed by atoms with Crippen LogP contribution in [0.25, 0.3) is 16.7 Å². The summed E-state index contributed by atoms with van der Waals surface area (Å²) in [6.45, 7) is 3.90. The molecule has 1 aromatic carbocycles. The fraction of sp³-hybridized carbons (Fsp3) is 0.211. The molecule has 3 heterocycles. The van der Waals surface area contributed by atoms with E-state index in [1.54, 1.807) is 24.3 Å². The SMILES string of the molecule is CC(C)NC(=O)c1cc(C(=O)NCc2ccc3oc(=O)[nH]c3c2)nc2ccnn12. The number of hydrogen-bond acceptors (Lipinski definition) is 6. The van der Waals surface area contributed by atoms with Crippen LogP contribution >= 0.6 is 0 Å². The lowest BCUT2D eigenvalue weighted by Crippen LogP contribution is -2.32. The molecule has 4 rings (SSSR count). The van der Waals surface area contributed by atoms with Gasteiger partial charge in [-0.2, -0.15) is 5.10 Å². The number of aromatic amines is 1. The molecule has 148 valence electrons. The summed E-state index contributed by atoms with van der Waals surface area (Å²) in [6, 6.07) is 8.07. The predicted molar refractivity (Wildman–Crippen MR) is 104 cm³/mol. The van der Waals surface area contributed by atoms with Gasteiger partial charge in [0.2, 0.25) is 0 Å². The minimum atomic E-state index is -0.535. The maximum absolute atomic E-state index is 12.6. The molecular formula is C19H18N6O4. The van der Waals surface area contributed by atoms with Gasteiger partial charge in [0.15, 0.2) is 11.2 Å². The predicted octanol–water partition coefficient (Wildman–Crippen LogP) is 1.23. The number of carbonyl (C=O) groups excluding carboxylic acids is 2. The normalized spacial score (nSPS) is 11.3. The first kappa shape index (κ1) is 18.4. The minimum Gasteiger partial charge on any atom is -0.408 e. The summed E-state index contributed by atoms with van der Waals surface area (Å²) in [5, 5.41) is 9.65. The molecular weight excluding hydrogens is 376 g/mol. The van der Waals surface area contributed by atoms with Gasteiger partial charge in [-0.05, 0) is 31.5 Å². The molecule has 10 heteroatoms. The van der Waals surface area contributed by atoms with Crippen LogP contribution in [0.1, 0.15) is 40.4 Å². The zero-order valence-corrected chi connectivity index (χ0v) is 15.7. The van der Waals surface area contributed by atoms with E-state index in [0.717, 1.165) is 5.56 Å². The van der Waals surface area contributed by atoms with Crippen molar-refractivity contribution in [3.63, 3.8) is 0 Å². The number of amides is 2. The smallest absolute Gasteiger partial charge is 0.408 e. The molecule has 0 saturated heterocycles. The fourth-order valence-corrected chi connectivity index (χ4v) is 2.91. The van der Waals surface area contributed by atoms with Gasteiger partial charge >= 0.3 is 5.76 Å². The van der Waals surface area contributed by atoms with E-state index in [1.807, 2.05) is 13.8 Å². The molecule has 0 saturated carbocycles. The minimum absolute atomic E-state index is 0.0668. The maximum atomic E-state index is 12.6. The van der Waals surface area contributed by atoms with Gasteiger partial charge < -0.3 is 15.1 Å². The summed E-state index contributed by atoms with van der Waals surface area (Å²) in [4.78, 5) is 43.2. The molecule has 0 atom stereocenters. The number of benzene rings is 1. The van der Waals surface area contributed by atoms with Gasteiger partial charge in [-0.25, -0.2) is 14.3 Å². The Morgan fingerprint density at radius 1 is 1.21 bits per heavy atom. The van der Waals surface area contributed by atoms with Crippen molar-refractivity contribution in [3.8, 4) is 0 Å². The summed E-state index contributed by atoms with van der Waals surface area (Å²) >= 11 is 0. The van der Waals surface area contributed by atoms with Crippen LogP contribution in [0.2, 0.25) is 0 Å². The van der Waals surface area contributed by atoms with Gasteiger partial charge in [-0.3, -0.25) is 14.6 Å². The molecule has 0 aliphatic carbocycles. The molecule has 29 heavy (non-hydrogen) atoms. The van der Waals surface area contributed by atoms with Gasteiger partial charge in [0, 0.05) is 24.7 Å². The highest BCUT2D eigenvalue weighted by molar-refractivity contribution is 5.98. The highest BCUT2D eigenvalue weighted by Gasteiger charge is 2.18. The number of hydrogen-bond donors (Lipinski definition) is 3. The number of carbonyl (C=O) groups is 2. The molecule has 0 bridgehead atoms. The van der Waals surface area contributed by atoms with Gasteiger partial charge in [0.05, 0.1) is 11.7 Å². The maximum Gasteiger partial charge on any atom is 0.417 e. The van der Waals surface area contributed by atoms with Crippen molar-refractivity contribution >= 4 is 28.6 Å². The van der Waals surface area contributed by atoms with E-state index >= 15 is 0 Å². The molecule has 0 radical (unpaired) electrons. The monoisotopic (exact) mass is 394 g/mol. The molecule has 0 unspecified atom stereocenters. The zero-order chi connectivity index (χ0) is 20.5. The Kier molecular flexibility index (Phi) is 4.59. The Balaban J connectivity index is 1.57. The Bertz CT molecular complexity index is 1280. The summed E-state index contributed by atoms with van der Waals surface area (Å²) in [5.74, 6) is -1.32.